The van der Waals surface area contributed by atoms with E-state index in [2.05, 4.69) is 15.3 Å². The molecule has 0 atom stereocenters. The van der Waals surface area contributed by atoms with E-state index in [1.807, 2.05) is 20.8 Å². The van der Waals surface area contributed by atoms with Crippen molar-refractivity contribution in [3.8, 4) is 0 Å². The molecule has 0 bridgehead atoms. The lowest BCUT2D eigenvalue weighted by atomic mass is 9.88. The number of hydrogen-bond acceptors (Lipinski definition) is 6. The molecule has 1 fully saturated rings. The molecule has 1 aliphatic carbocycles. The second-order valence-corrected chi connectivity index (χ2v) is 6.60. The second-order valence-electron chi connectivity index (χ2n) is 6.60. The van der Waals surface area contributed by atoms with Crippen LogP contribution in [0, 0.1) is 0 Å². The maximum absolute atomic E-state index is 12.1. The summed E-state index contributed by atoms with van der Waals surface area (Å²) >= 11 is 0. The number of nitrogens with one attached hydrogen (secondary N) is 1. The van der Waals surface area contributed by atoms with Crippen molar-refractivity contribution in [1.29, 1.82) is 0 Å². The largest absolute Gasteiger partial charge is 0.462 e. The fourth-order valence-corrected chi connectivity index (χ4v) is 2.29. The summed E-state index contributed by atoms with van der Waals surface area (Å²) in [6.45, 7) is 8.19. The first kappa shape index (κ1) is 16.7. The number of hydrogen-bond donors (Lipinski definition) is 1. The molecule has 6 heteroatoms. The molecule has 0 aliphatic heterocycles. The maximum Gasteiger partial charge on any atom is 0.343 e. The van der Waals surface area contributed by atoms with Crippen LogP contribution in [0.15, 0.2) is 6.20 Å². The summed E-state index contributed by atoms with van der Waals surface area (Å²) in [5.41, 5.74) is -0.299. The fraction of sp³-hybridized carbons (Fsp3) is 0.688. The van der Waals surface area contributed by atoms with Gasteiger partial charge in [-0.3, -0.25) is 0 Å². The standard InChI is InChI=1S/C16H25N3O3/c1-6-22-13(20)11-10-17-14(15(2,3)4)18-12(11)19-16(21-5)8-7-9-16/h10H,6-9H2,1-5H3,(H,17,18,19). The molecular weight excluding hydrogens is 282 g/mol. The summed E-state index contributed by atoms with van der Waals surface area (Å²) in [5, 5.41) is 3.29. The molecule has 1 N–H and O–H groups in total. The summed E-state index contributed by atoms with van der Waals surface area (Å²) in [6, 6.07) is 0. The average molecular weight is 307 g/mol. The Hall–Kier alpha value is -1.69. The van der Waals surface area contributed by atoms with Crippen LogP contribution in [0.3, 0.4) is 0 Å². The number of carbonyl (C=O) groups is 1. The monoisotopic (exact) mass is 307 g/mol. The van der Waals surface area contributed by atoms with Crippen molar-refractivity contribution in [1.82, 2.24) is 9.97 Å². The van der Waals surface area contributed by atoms with Crippen molar-refractivity contribution in [2.45, 2.75) is 58.1 Å². The van der Waals surface area contributed by atoms with Crippen molar-refractivity contribution in [2.24, 2.45) is 0 Å². The van der Waals surface area contributed by atoms with E-state index in [0.29, 0.717) is 23.8 Å². The summed E-state index contributed by atoms with van der Waals surface area (Å²) in [7, 11) is 1.67. The first-order chi connectivity index (χ1) is 10.3. The van der Waals surface area contributed by atoms with Crippen LogP contribution in [0.25, 0.3) is 0 Å². The molecule has 2 rings (SSSR count). The molecular formula is C16H25N3O3. The SMILES string of the molecule is CCOC(=O)c1cnc(C(C)(C)C)nc1NC1(OC)CCC1. The topological polar surface area (TPSA) is 73.3 Å². The van der Waals surface area contributed by atoms with Crippen molar-refractivity contribution < 1.29 is 14.3 Å². The first-order valence-electron chi connectivity index (χ1n) is 7.69. The smallest absolute Gasteiger partial charge is 0.343 e. The normalized spacial score (nSPS) is 16.8. The Morgan fingerprint density at radius 2 is 2.09 bits per heavy atom. The average Bonchev–Trinajstić information content (AvgIpc) is 2.42. The Kier molecular flexibility index (Phi) is 4.70. The molecule has 1 aromatic heterocycles. The lowest BCUT2D eigenvalue weighted by Crippen LogP contribution is -2.47. The Morgan fingerprint density at radius 1 is 1.41 bits per heavy atom. The van der Waals surface area contributed by atoms with Crippen molar-refractivity contribution in [3.63, 3.8) is 0 Å². The Bertz CT molecular complexity index is 543. The Morgan fingerprint density at radius 3 is 2.55 bits per heavy atom. The van der Waals surface area contributed by atoms with Crippen LogP contribution in [0.4, 0.5) is 5.82 Å². The van der Waals surface area contributed by atoms with Crippen LogP contribution in [0.1, 0.15) is 63.1 Å². The summed E-state index contributed by atoms with van der Waals surface area (Å²) in [5.74, 6) is 0.740. The van der Waals surface area contributed by atoms with E-state index >= 15 is 0 Å². The van der Waals surface area contributed by atoms with E-state index in [9.17, 15) is 4.79 Å². The van der Waals surface area contributed by atoms with Crippen LogP contribution in [0.5, 0.6) is 0 Å². The Labute approximate surface area is 131 Å². The molecule has 122 valence electrons. The molecule has 0 radical (unpaired) electrons. The number of nitrogens with zero attached hydrogens (tertiary/aromatic N) is 2. The molecule has 1 aromatic rings. The first-order valence-corrected chi connectivity index (χ1v) is 7.69. The third kappa shape index (κ3) is 3.38. The number of aromatic nitrogens is 2. The van der Waals surface area contributed by atoms with Gasteiger partial charge in [0, 0.05) is 18.7 Å². The molecule has 0 spiro atoms. The van der Waals surface area contributed by atoms with Gasteiger partial charge in [-0.2, -0.15) is 0 Å². The number of esters is 1. The van der Waals surface area contributed by atoms with E-state index in [0.717, 1.165) is 19.3 Å². The van der Waals surface area contributed by atoms with Gasteiger partial charge in [-0.25, -0.2) is 14.8 Å². The van der Waals surface area contributed by atoms with E-state index in [1.54, 1.807) is 14.0 Å². The van der Waals surface area contributed by atoms with Crippen molar-refractivity contribution in [3.05, 3.63) is 17.6 Å². The summed E-state index contributed by atoms with van der Waals surface area (Å²) in [4.78, 5) is 21.0. The molecule has 1 heterocycles. The minimum atomic E-state index is -0.440. The fourth-order valence-electron chi connectivity index (χ4n) is 2.29. The van der Waals surface area contributed by atoms with Gasteiger partial charge in [-0.05, 0) is 26.2 Å². The minimum Gasteiger partial charge on any atom is -0.462 e. The van der Waals surface area contributed by atoms with Gasteiger partial charge in [0.25, 0.3) is 0 Å². The zero-order valence-corrected chi connectivity index (χ0v) is 14.0. The number of anilines is 1. The van der Waals surface area contributed by atoms with Gasteiger partial charge in [0.1, 0.15) is 22.9 Å². The van der Waals surface area contributed by atoms with E-state index in [-0.39, 0.29) is 5.41 Å². The third-order valence-corrected chi connectivity index (χ3v) is 3.85. The van der Waals surface area contributed by atoms with Gasteiger partial charge in [-0.15, -0.1) is 0 Å². The summed E-state index contributed by atoms with van der Waals surface area (Å²) < 4.78 is 10.7. The minimum absolute atomic E-state index is 0.205. The zero-order chi connectivity index (χ0) is 16.4. The van der Waals surface area contributed by atoms with E-state index < -0.39 is 11.7 Å². The van der Waals surface area contributed by atoms with Crippen LogP contribution in [0.2, 0.25) is 0 Å². The lowest BCUT2D eigenvalue weighted by molar-refractivity contribution is -0.0476. The van der Waals surface area contributed by atoms with Crippen molar-refractivity contribution in [2.75, 3.05) is 19.0 Å². The quantitative estimate of drug-likeness (QED) is 0.666. The van der Waals surface area contributed by atoms with Gasteiger partial charge in [0.2, 0.25) is 0 Å². The predicted molar refractivity (Wildman–Crippen MR) is 83.9 cm³/mol. The molecule has 0 amide bonds. The van der Waals surface area contributed by atoms with Crippen LogP contribution < -0.4 is 5.32 Å². The van der Waals surface area contributed by atoms with Crippen LogP contribution >= 0.6 is 0 Å². The molecule has 6 nitrogen and oxygen atoms in total. The van der Waals surface area contributed by atoms with Gasteiger partial charge < -0.3 is 14.8 Å². The van der Waals surface area contributed by atoms with Gasteiger partial charge in [0.15, 0.2) is 0 Å². The second kappa shape index (κ2) is 6.20. The number of methoxy groups -OCH3 is 1. The lowest BCUT2D eigenvalue weighted by Gasteiger charge is -2.41. The number of carbonyl (C=O) groups excluding carboxylic acids is 1. The highest BCUT2D eigenvalue weighted by Crippen LogP contribution is 2.36. The van der Waals surface area contributed by atoms with Gasteiger partial charge in [-0.1, -0.05) is 20.8 Å². The number of rotatable bonds is 5. The van der Waals surface area contributed by atoms with E-state index in [4.69, 9.17) is 9.47 Å². The highest BCUT2D eigenvalue weighted by molar-refractivity contribution is 5.94. The zero-order valence-electron chi connectivity index (χ0n) is 14.0. The molecule has 1 aliphatic rings. The van der Waals surface area contributed by atoms with Gasteiger partial charge >= 0.3 is 5.97 Å². The van der Waals surface area contributed by atoms with E-state index in [1.165, 1.54) is 6.20 Å². The predicted octanol–water partition coefficient (Wildman–Crippen LogP) is 2.89. The summed E-state index contributed by atoms with van der Waals surface area (Å²) in [6.07, 6.45) is 4.41. The number of ether oxygens (including phenoxy) is 2. The highest BCUT2D eigenvalue weighted by Gasteiger charge is 2.38. The molecule has 22 heavy (non-hydrogen) atoms. The molecule has 0 unspecified atom stereocenters. The molecule has 1 saturated carbocycles. The Balaban J connectivity index is 2.39. The third-order valence-electron chi connectivity index (χ3n) is 3.85. The van der Waals surface area contributed by atoms with Crippen LogP contribution in [-0.2, 0) is 14.9 Å². The highest BCUT2D eigenvalue weighted by atomic mass is 16.5. The van der Waals surface area contributed by atoms with Crippen LogP contribution in [-0.4, -0.2) is 35.4 Å². The molecule has 0 saturated heterocycles. The van der Waals surface area contributed by atoms with Gasteiger partial charge in [0.05, 0.1) is 6.61 Å². The maximum atomic E-state index is 12.1. The molecule has 0 aromatic carbocycles. The van der Waals surface area contributed by atoms with Crippen molar-refractivity contribution >= 4 is 11.8 Å².